The molecule has 0 saturated carbocycles. The summed E-state index contributed by atoms with van der Waals surface area (Å²) in [6.45, 7) is 0.806. The van der Waals surface area contributed by atoms with E-state index in [2.05, 4.69) is 0 Å². The first-order valence-electron chi connectivity index (χ1n) is 11.0. The van der Waals surface area contributed by atoms with Gasteiger partial charge in [-0.15, -0.1) is 0 Å². The number of aryl methyl sites for hydroxylation is 1. The number of aromatic nitrogens is 3. The fourth-order valence-corrected chi connectivity index (χ4v) is 4.99. The highest BCUT2D eigenvalue weighted by Gasteiger charge is 2.34. The fraction of sp³-hybridized carbons (Fsp3) is 0.192. The predicted molar refractivity (Wildman–Crippen MR) is 128 cm³/mol. The zero-order valence-electron chi connectivity index (χ0n) is 18.6. The van der Waals surface area contributed by atoms with Gasteiger partial charge in [-0.1, -0.05) is 42.5 Å². The van der Waals surface area contributed by atoms with Crippen LogP contribution in [0, 0.1) is 0 Å². The highest BCUT2D eigenvalue weighted by atomic mass is 16.5. The zero-order valence-corrected chi connectivity index (χ0v) is 18.6. The van der Waals surface area contributed by atoms with E-state index in [-0.39, 0.29) is 11.0 Å². The van der Waals surface area contributed by atoms with Crippen molar-refractivity contribution in [3.63, 3.8) is 0 Å². The van der Waals surface area contributed by atoms with Crippen molar-refractivity contribution >= 4 is 21.9 Å². The molecule has 0 amide bonds. The molecule has 6 rings (SSSR count). The highest BCUT2D eigenvalue weighted by Crippen LogP contribution is 2.40. The van der Waals surface area contributed by atoms with Gasteiger partial charge < -0.3 is 13.7 Å². The average Bonchev–Trinajstić information content (AvgIpc) is 3.23. The van der Waals surface area contributed by atoms with Crippen molar-refractivity contribution < 1.29 is 9.15 Å². The predicted octanol–water partition coefficient (Wildman–Crippen LogP) is 2.93. The molecule has 170 valence electrons. The van der Waals surface area contributed by atoms with Gasteiger partial charge in [0.25, 0.3) is 5.56 Å². The van der Waals surface area contributed by atoms with Crippen molar-refractivity contribution in [2.75, 3.05) is 6.61 Å². The summed E-state index contributed by atoms with van der Waals surface area (Å²) < 4.78 is 16.5. The maximum Gasteiger partial charge on any atom is 0.331 e. The van der Waals surface area contributed by atoms with Crippen molar-refractivity contribution in [3.05, 3.63) is 103 Å². The minimum Gasteiger partial charge on any atom is -0.464 e. The van der Waals surface area contributed by atoms with E-state index in [1.807, 2.05) is 34.9 Å². The van der Waals surface area contributed by atoms with Gasteiger partial charge in [-0.2, -0.15) is 0 Å². The van der Waals surface area contributed by atoms with Gasteiger partial charge in [-0.25, -0.2) is 4.79 Å². The average molecular weight is 455 g/mol. The summed E-state index contributed by atoms with van der Waals surface area (Å²) in [6, 6.07) is 16.6. The lowest BCUT2D eigenvalue weighted by Crippen LogP contribution is -2.37. The van der Waals surface area contributed by atoms with Crippen molar-refractivity contribution in [1.82, 2.24) is 13.7 Å². The molecule has 0 radical (unpaired) electrons. The second kappa shape index (κ2) is 7.43. The fourth-order valence-electron chi connectivity index (χ4n) is 4.99. The Bertz CT molecular complexity index is 1770. The molecule has 1 aliphatic heterocycles. The Labute approximate surface area is 192 Å². The summed E-state index contributed by atoms with van der Waals surface area (Å²) in [5.41, 5.74) is 2.39. The van der Waals surface area contributed by atoms with E-state index in [0.29, 0.717) is 52.0 Å². The lowest BCUT2D eigenvalue weighted by Gasteiger charge is -2.27. The Hall–Kier alpha value is -4.17. The van der Waals surface area contributed by atoms with E-state index in [1.165, 1.54) is 17.9 Å². The monoisotopic (exact) mass is 455 g/mol. The van der Waals surface area contributed by atoms with E-state index in [1.54, 1.807) is 31.3 Å². The largest absolute Gasteiger partial charge is 0.464 e. The molecule has 0 bridgehead atoms. The van der Waals surface area contributed by atoms with E-state index < -0.39 is 11.8 Å². The SMILES string of the molecule is Cn1c(=O)c2c(-c3ccccc3)n3c(c2n(C)c1=O)C(c1coc2ccccc2c1=O)OCC3. The third kappa shape index (κ3) is 2.72. The molecule has 8 nitrogen and oxygen atoms in total. The lowest BCUT2D eigenvalue weighted by molar-refractivity contribution is 0.0463. The number of hydrogen-bond acceptors (Lipinski definition) is 5. The summed E-state index contributed by atoms with van der Waals surface area (Å²) >= 11 is 0. The van der Waals surface area contributed by atoms with Crippen LogP contribution in [0.4, 0.5) is 0 Å². The van der Waals surface area contributed by atoms with Crippen LogP contribution in [0.3, 0.4) is 0 Å². The van der Waals surface area contributed by atoms with Crippen LogP contribution in [-0.2, 0) is 25.4 Å². The molecule has 34 heavy (non-hydrogen) atoms. The van der Waals surface area contributed by atoms with Crippen molar-refractivity contribution in [2.24, 2.45) is 14.1 Å². The van der Waals surface area contributed by atoms with Gasteiger partial charge >= 0.3 is 5.69 Å². The van der Waals surface area contributed by atoms with Crippen LogP contribution in [0.2, 0.25) is 0 Å². The molecule has 1 aliphatic rings. The third-order valence-corrected chi connectivity index (χ3v) is 6.59. The first-order chi connectivity index (χ1) is 16.5. The van der Waals surface area contributed by atoms with Crippen LogP contribution in [0.1, 0.15) is 17.4 Å². The van der Waals surface area contributed by atoms with Gasteiger partial charge in [0.2, 0.25) is 0 Å². The minimum atomic E-state index is -0.799. The Morgan fingerprint density at radius 2 is 1.65 bits per heavy atom. The molecule has 8 heteroatoms. The van der Waals surface area contributed by atoms with Gasteiger partial charge in [-0.3, -0.25) is 18.7 Å². The maximum atomic E-state index is 13.4. The molecular formula is C26H21N3O5. The quantitative estimate of drug-likeness (QED) is 0.408. The van der Waals surface area contributed by atoms with Gasteiger partial charge in [0.05, 0.1) is 39.8 Å². The molecule has 0 spiro atoms. The molecular weight excluding hydrogens is 434 g/mol. The van der Waals surface area contributed by atoms with Gasteiger partial charge in [-0.05, 0) is 17.7 Å². The molecule has 0 fully saturated rings. The molecule has 2 aromatic carbocycles. The van der Waals surface area contributed by atoms with E-state index in [9.17, 15) is 14.4 Å². The minimum absolute atomic E-state index is 0.204. The number of fused-ring (bicyclic) bond motifs is 4. The first kappa shape index (κ1) is 20.4. The summed E-state index contributed by atoms with van der Waals surface area (Å²) in [7, 11) is 3.11. The van der Waals surface area contributed by atoms with Crippen molar-refractivity contribution in [2.45, 2.75) is 12.6 Å². The number of ether oxygens (including phenoxy) is 1. The summed E-state index contributed by atoms with van der Waals surface area (Å²) in [4.78, 5) is 39.8. The number of rotatable bonds is 2. The standard InChI is InChI=1S/C26H21N3O5/c1-27-21-19(25(31)28(2)26(27)32)20(15-8-4-3-5-9-15)29-12-13-33-24(22(21)29)17-14-34-18-11-7-6-10-16(18)23(17)30/h3-11,14,24H,12-13H2,1-2H3. The molecule has 1 unspecified atom stereocenters. The smallest absolute Gasteiger partial charge is 0.331 e. The van der Waals surface area contributed by atoms with E-state index in [4.69, 9.17) is 9.15 Å². The van der Waals surface area contributed by atoms with Crippen LogP contribution in [0.15, 0.2) is 79.7 Å². The number of hydrogen-bond donors (Lipinski definition) is 0. The van der Waals surface area contributed by atoms with Gasteiger partial charge in [0.15, 0.2) is 5.43 Å². The second-order valence-corrected chi connectivity index (χ2v) is 8.45. The molecule has 4 heterocycles. The Morgan fingerprint density at radius 1 is 0.912 bits per heavy atom. The van der Waals surface area contributed by atoms with E-state index in [0.717, 1.165) is 10.1 Å². The molecule has 3 aromatic heterocycles. The molecule has 0 aliphatic carbocycles. The van der Waals surface area contributed by atoms with E-state index >= 15 is 0 Å². The van der Waals surface area contributed by atoms with Crippen LogP contribution >= 0.6 is 0 Å². The Kier molecular flexibility index (Phi) is 4.46. The summed E-state index contributed by atoms with van der Waals surface area (Å²) in [6.07, 6.45) is 0.623. The third-order valence-electron chi connectivity index (χ3n) is 6.59. The van der Waals surface area contributed by atoms with Crippen LogP contribution in [0.5, 0.6) is 0 Å². The number of nitrogens with zero attached hydrogens (tertiary/aromatic N) is 3. The number of para-hydroxylation sites is 1. The topological polar surface area (TPSA) is 88.4 Å². The van der Waals surface area contributed by atoms with Crippen molar-refractivity contribution in [3.8, 4) is 11.3 Å². The molecule has 0 N–H and O–H groups in total. The highest BCUT2D eigenvalue weighted by molar-refractivity contribution is 5.96. The molecule has 1 atom stereocenters. The summed E-state index contributed by atoms with van der Waals surface area (Å²) in [5, 5.41) is 0.871. The normalized spacial score (nSPS) is 15.6. The maximum absolute atomic E-state index is 13.4. The van der Waals surface area contributed by atoms with Crippen LogP contribution in [0.25, 0.3) is 33.1 Å². The molecule has 5 aromatic rings. The zero-order chi connectivity index (χ0) is 23.6. The van der Waals surface area contributed by atoms with Crippen LogP contribution < -0.4 is 16.7 Å². The first-order valence-corrected chi connectivity index (χ1v) is 11.0. The van der Waals surface area contributed by atoms with Crippen molar-refractivity contribution in [1.29, 1.82) is 0 Å². The number of benzene rings is 2. The van der Waals surface area contributed by atoms with Crippen LogP contribution in [-0.4, -0.2) is 20.3 Å². The van der Waals surface area contributed by atoms with Gasteiger partial charge in [0, 0.05) is 20.6 Å². The lowest BCUT2D eigenvalue weighted by atomic mass is 10.0. The Morgan fingerprint density at radius 3 is 2.44 bits per heavy atom. The van der Waals surface area contributed by atoms with Gasteiger partial charge in [0.1, 0.15) is 18.0 Å². The molecule has 0 saturated heterocycles. The second-order valence-electron chi connectivity index (χ2n) is 8.45. The summed E-state index contributed by atoms with van der Waals surface area (Å²) in [5.74, 6) is 0. The Balaban J connectivity index is 1.76.